The number of rotatable bonds is 4. The summed E-state index contributed by atoms with van der Waals surface area (Å²) in [5.74, 6) is -0.000751. The second-order valence-corrected chi connectivity index (χ2v) is 5.10. The first kappa shape index (κ1) is 14.1. The van der Waals surface area contributed by atoms with E-state index in [9.17, 15) is 9.90 Å². The van der Waals surface area contributed by atoms with Gasteiger partial charge in [0.05, 0.1) is 10.4 Å². The number of phenolic OH excluding ortho intramolecular Hbond substituents is 1. The summed E-state index contributed by atoms with van der Waals surface area (Å²) >= 11 is 11.7. The lowest BCUT2D eigenvalue weighted by Crippen LogP contribution is -2.31. The van der Waals surface area contributed by atoms with E-state index in [1.54, 1.807) is 0 Å². The summed E-state index contributed by atoms with van der Waals surface area (Å²) in [6.07, 6.45) is 0. The van der Waals surface area contributed by atoms with Gasteiger partial charge in [-0.25, -0.2) is 0 Å². The van der Waals surface area contributed by atoms with Crippen LogP contribution in [0.3, 0.4) is 0 Å². The van der Waals surface area contributed by atoms with Crippen molar-refractivity contribution in [1.29, 1.82) is 0 Å². The number of aromatic hydroxyl groups is 1. The number of carbonyl (C=O) groups excluding carboxylic acids is 1. The Morgan fingerprint density at radius 3 is 2.65 bits per heavy atom. The highest BCUT2D eigenvalue weighted by Gasteiger charge is 2.13. The van der Waals surface area contributed by atoms with Gasteiger partial charge in [-0.15, -0.1) is 11.6 Å². The Kier molecular flexibility index (Phi) is 5.09. The van der Waals surface area contributed by atoms with Crippen molar-refractivity contribution in [2.24, 2.45) is 5.92 Å². The Labute approximate surface area is 111 Å². The molecule has 1 aromatic carbocycles. The van der Waals surface area contributed by atoms with Gasteiger partial charge in [0.15, 0.2) is 0 Å². The molecule has 0 radical (unpaired) electrons. The van der Waals surface area contributed by atoms with E-state index in [0.717, 1.165) is 0 Å². The molecule has 0 aromatic heterocycles. The Bertz CT molecular complexity index is 407. The quantitative estimate of drug-likeness (QED) is 0.830. The predicted molar refractivity (Wildman–Crippen MR) is 69.9 cm³/mol. The normalized spacial score (nSPS) is 12.5. The lowest BCUT2D eigenvalue weighted by Gasteiger charge is -2.14. The van der Waals surface area contributed by atoms with E-state index in [-0.39, 0.29) is 22.1 Å². The van der Waals surface area contributed by atoms with E-state index in [1.807, 2.05) is 13.8 Å². The molecule has 0 saturated carbocycles. The Hall–Kier alpha value is -0.930. The van der Waals surface area contributed by atoms with E-state index in [2.05, 4.69) is 5.32 Å². The maximum absolute atomic E-state index is 11.7. The SMILES string of the molecule is CC(C)C(Cl)CNC(=O)c1ccc(O)c(Cl)c1. The number of benzene rings is 1. The maximum Gasteiger partial charge on any atom is 0.251 e. The lowest BCUT2D eigenvalue weighted by atomic mass is 10.1. The number of nitrogens with one attached hydrogen (secondary N) is 1. The fraction of sp³-hybridized carbons (Fsp3) is 0.417. The Balaban J connectivity index is 2.61. The maximum atomic E-state index is 11.7. The highest BCUT2D eigenvalue weighted by Crippen LogP contribution is 2.23. The lowest BCUT2D eigenvalue weighted by molar-refractivity contribution is 0.0952. The van der Waals surface area contributed by atoms with Crippen molar-refractivity contribution in [3.63, 3.8) is 0 Å². The Morgan fingerprint density at radius 1 is 1.47 bits per heavy atom. The molecular formula is C12H15Cl2NO2. The van der Waals surface area contributed by atoms with Gasteiger partial charge >= 0.3 is 0 Å². The molecule has 2 N–H and O–H groups in total. The number of carbonyl (C=O) groups is 1. The monoisotopic (exact) mass is 275 g/mol. The molecule has 0 aliphatic rings. The molecule has 0 bridgehead atoms. The molecule has 5 heteroatoms. The van der Waals surface area contributed by atoms with Gasteiger partial charge in [0.25, 0.3) is 5.91 Å². The molecule has 0 saturated heterocycles. The highest BCUT2D eigenvalue weighted by atomic mass is 35.5. The molecule has 0 heterocycles. The second kappa shape index (κ2) is 6.12. The van der Waals surface area contributed by atoms with Gasteiger partial charge < -0.3 is 10.4 Å². The van der Waals surface area contributed by atoms with Crippen molar-refractivity contribution < 1.29 is 9.90 Å². The summed E-state index contributed by atoms with van der Waals surface area (Å²) in [5, 5.41) is 12.0. The second-order valence-electron chi connectivity index (χ2n) is 4.14. The van der Waals surface area contributed by atoms with Crippen LogP contribution in [0.2, 0.25) is 5.02 Å². The molecule has 0 aliphatic heterocycles. The number of hydrogen-bond acceptors (Lipinski definition) is 2. The molecule has 1 rings (SSSR count). The van der Waals surface area contributed by atoms with Crippen LogP contribution in [0.15, 0.2) is 18.2 Å². The summed E-state index contributed by atoms with van der Waals surface area (Å²) in [4.78, 5) is 11.7. The summed E-state index contributed by atoms with van der Waals surface area (Å²) < 4.78 is 0. The van der Waals surface area contributed by atoms with Gasteiger partial charge in [-0.3, -0.25) is 4.79 Å². The van der Waals surface area contributed by atoms with Crippen LogP contribution in [-0.2, 0) is 0 Å². The zero-order valence-corrected chi connectivity index (χ0v) is 11.2. The van der Waals surface area contributed by atoms with E-state index in [0.29, 0.717) is 18.0 Å². The molecule has 0 spiro atoms. The van der Waals surface area contributed by atoms with Crippen LogP contribution in [0, 0.1) is 5.92 Å². The van der Waals surface area contributed by atoms with Crippen LogP contribution in [0.1, 0.15) is 24.2 Å². The van der Waals surface area contributed by atoms with Crippen molar-refractivity contribution in [2.75, 3.05) is 6.54 Å². The summed E-state index contributed by atoms with van der Waals surface area (Å²) in [6.45, 7) is 4.37. The third kappa shape index (κ3) is 4.10. The van der Waals surface area contributed by atoms with Gasteiger partial charge in [-0.1, -0.05) is 25.4 Å². The van der Waals surface area contributed by atoms with Crippen molar-refractivity contribution >= 4 is 29.1 Å². The molecular weight excluding hydrogens is 261 g/mol. The number of halogens is 2. The third-order valence-corrected chi connectivity index (χ3v) is 3.35. The molecule has 94 valence electrons. The van der Waals surface area contributed by atoms with Crippen LogP contribution in [0.5, 0.6) is 5.75 Å². The third-order valence-electron chi connectivity index (χ3n) is 2.39. The fourth-order valence-corrected chi connectivity index (χ4v) is 1.43. The van der Waals surface area contributed by atoms with Crippen LogP contribution in [0.25, 0.3) is 0 Å². The smallest absolute Gasteiger partial charge is 0.251 e. The van der Waals surface area contributed by atoms with Crippen molar-refractivity contribution in [3.05, 3.63) is 28.8 Å². The highest BCUT2D eigenvalue weighted by molar-refractivity contribution is 6.32. The average molecular weight is 276 g/mol. The van der Waals surface area contributed by atoms with Crippen molar-refractivity contribution in [1.82, 2.24) is 5.32 Å². The van der Waals surface area contributed by atoms with Crippen LogP contribution < -0.4 is 5.32 Å². The van der Waals surface area contributed by atoms with Gasteiger partial charge in [-0.05, 0) is 24.1 Å². The molecule has 1 atom stereocenters. The average Bonchev–Trinajstić information content (AvgIpc) is 2.28. The molecule has 0 fully saturated rings. The largest absolute Gasteiger partial charge is 0.506 e. The molecule has 3 nitrogen and oxygen atoms in total. The zero-order valence-electron chi connectivity index (χ0n) is 9.71. The number of amides is 1. The van der Waals surface area contributed by atoms with E-state index < -0.39 is 0 Å². The summed E-state index contributed by atoms with van der Waals surface area (Å²) in [6, 6.07) is 4.32. The Morgan fingerprint density at radius 2 is 2.12 bits per heavy atom. The fourth-order valence-electron chi connectivity index (χ4n) is 1.18. The van der Waals surface area contributed by atoms with Crippen LogP contribution in [-0.4, -0.2) is 22.9 Å². The first-order valence-corrected chi connectivity index (χ1v) is 6.14. The van der Waals surface area contributed by atoms with Gasteiger partial charge in [0.1, 0.15) is 5.75 Å². The van der Waals surface area contributed by atoms with Crippen molar-refractivity contribution in [3.8, 4) is 5.75 Å². The van der Waals surface area contributed by atoms with Crippen molar-refractivity contribution in [2.45, 2.75) is 19.2 Å². The zero-order chi connectivity index (χ0) is 13.0. The number of hydrogen-bond donors (Lipinski definition) is 2. The molecule has 1 unspecified atom stereocenters. The predicted octanol–water partition coefficient (Wildman–Crippen LogP) is 3.04. The summed E-state index contributed by atoms with van der Waals surface area (Å²) in [7, 11) is 0. The minimum Gasteiger partial charge on any atom is -0.506 e. The number of alkyl halides is 1. The van der Waals surface area contributed by atoms with E-state index in [1.165, 1.54) is 18.2 Å². The van der Waals surface area contributed by atoms with E-state index >= 15 is 0 Å². The molecule has 17 heavy (non-hydrogen) atoms. The minimum absolute atomic E-state index is 0.0411. The number of phenols is 1. The molecule has 0 aliphatic carbocycles. The van der Waals surface area contributed by atoms with Gasteiger partial charge in [0, 0.05) is 12.1 Å². The minimum atomic E-state index is -0.252. The first-order valence-electron chi connectivity index (χ1n) is 5.32. The van der Waals surface area contributed by atoms with Crippen LogP contribution in [0.4, 0.5) is 0 Å². The standard InChI is InChI=1S/C12H15Cl2NO2/c1-7(2)10(14)6-15-12(17)8-3-4-11(16)9(13)5-8/h3-5,7,10,16H,6H2,1-2H3,(H,15,17). The summed E-state index contributed by atoms with van der Waals surface area (Å²) in [5.41, 5.74) is 0.403. The van der Waals surface area contributed by atoms with E-state index in [4.69, 9.17) is 23.2 Å². The topological polar surface area (TPSA) is 49.3 Å². The van der Waals surface area contributed by atoms with Crippen LogP contribution >= 0.6 is 23.2 Å². The first-order chi connectivity index (χ1) is 7.91. The van der Waals surface area contributed by atoms with Gasteiger partial charge in [-0.2, -0.15) is 0 Å². The molecule has 1 amide bonds. The van der Waals surface area contributed by atoms with Gasteiger partial charge in [0.2, 0.25) is 0 Å². The molecule has 1 aromatic rings.